The first kappa shape index (κ1) is 20.7. The highest BCUT2D eigenvalue weighted by atomic mass is 19.4. The van der Waals surface area contributed by atoms with E-state index in [1.165, 1.54) is 6.07 Å². The number of halogens is 4. The summed E-state index contributed by atoms with van der Waals surface area (Å²) < 4.78 is 56.5. The van der Waals surface area contributed by atoms with Crippen LogP contribution in [0.15, 0.2) is 24.3 Å². The van der Waals surface area contributed by atoms with Crippen molar-refractivity contribution in [2.24, 2.45) is 5.41 Å². The maximum atomic E-state index is 14.1. The van der Waals surface area contributed by atoms with Crippen molar-refractivity contribution in [1.82, 2.24) is 4.90 Å². The van der Waals surface area contributed by atoms with Gasteiger partial charge in [0.15, 0.2) is 0 Å². The highest BCUT2D eigenvalue weighted by Gasteiger charge is 2.44. The Labute approximate surface area is 151 Å². The maximum Gasteiger partial charge on any atom is 0.389 e. The third-order valence-corrected chi connectivity index (χ3v) is 4.79. The second-order valence-electron chi connectivity index (χ2n) is 6.87. The van der Waals surface area contributed by atoms with Gasteiger partial charge in [0.25, 0.3) is 0 Å². The van der Waals surface area contributed by atoms with Crippen LogP contribution in [-0.4, -0.2) is 43.3 Å². The summed E-state index contributed by atoms with van der Waals surface area (Å²) in [5.41, 5.74) is -0.494. The predicted octanol–water partition coefficient (Wildman–Crippen LogP) is 4.36. The number of piperidine rings is 1. The number of rotatable bonds is 7. The zero-order chi connectivity index (χ0) is 19.2. The van der Waals surface area contributed by atoms with Crippen LogP contribution < -0.4 is 0 Å². The van der Waals surface area contributed by atoms with Crippen molar-refractivity contribution < 1.29 is 27.1 Å². The van der Waals surface area contributed by atoms with E-state index in [4.69, 9.17) is 4.74 Å². The molecule has 1 heterocycles. The van der Waals surface area contributed by atoms with Gasteiger partial charge in [0, 0.05) is 13.0 Å². The Hall–Kier alpha value is -1.63. The molecule has 0 radical (unpaired) electrons. The average molecular weight is 375 g/mol. The van der Waals surface area contributed by atoms with E-state index in [0.717, 1.165) is 0 Å². The molecule has 1 fully saturated rings. The van der Waals surface area contributed by atoms with Gasteiger partial charge in [-0.3, -0.25) is 4.79 Å². The van der Waals surface area contributed by atoms with Gasteiger partial charge in [0.1, 0.15) is 5.82 Å². The van der Waals surface area contributed by atoms with Crippen molar-refractivity contribution in [1.29, 1.82) is 0 Å². The Bertz CT molecular complexity index is 605. The number of benzene rings is 1. The molecule has 1 aromatic rings. The number of hydrogen-bond acceptors (Lipinski definition) is 3. The molecule has 1 saturated heterocycles. The van der Waals surface area contributed by atoms with Crippen molar-refractivity contribution in [3.63, 3.8) is 0 Å². The summed E-state index contributed by atoms with van der Waals surface area (Å²) in [6.45, 7) is 3.11. The molecule has 3 nitrogen and oxygen atoms in total. The molecule has 2 rings (SSSR count). The van der Waals surface area contributed by atoms with Gasteiger partial charge in [-0.1, -0.05) is 18.2 Å². The number of ether oxygens (including phenoxy) is 1. The lowest BCUT2D eigenvalue weighted by molar-refractivity contribution is -0.159. The van der Waals surface area contributed by atoms with Gasteiger partial charge >= 0.3 is 12.1 Å². The highest BCUT2D eigenvalue weighted by Crippen LogP contribution is 2.36. The van der Waals surface area contributed by atoms with Crippen LogP contribution in [0.2, 0.25) is 0 Å². The van der Waals surface area contributed by atoms with E-state index in [2.05, 4.69) is 0 Å². The first-order chi connectivity index (χ1) is 12.3. The molecular formula is C19H25F4NO2. The maximum absolute atomic E-state index is 14.1. The molecule has 0 N–H and O–H groups in total. The smallest absolute Gasteiger partial charge is 0.389 e. The summed E-state index contributed by atoms with van der Waals surface area (Å²) in [5, 5.41) is 0. The van der Waals surface area contributed by atoms with Crippen molar-refractivity contribution >= 4 is 5.97 Å². The Morgan fingerprint density at radius 2 is 2.04 bits per heavy atom. The van der Waals surface area contributed by atoms with Gasteiger partial charge in [-0.05, 0) is 57.3 Å². The van der Waals surface area contributed by atoms with E-state index in [0.29, 0.717) is 24.9 Å². The monoisotopic (exact) mass is 375 g/mol. The minimum atomic E-state index is -4.18. The lowest BCUT2D eigenvalue weighted by Crippen LogP contribution is -2.50. The average Bonchev–Trinajstić information content (AvgIpc) is 2.56. The van der Waals surface area contributed by atoms with E-state index in [1.807, 2.05) is 4.90 Å². The van der Waals surface area contributed by atoms with Crippen molar-refractivity contribution in [3.05, 3.63) is 35.6 Å². The summed E-state index contributed by atoms with van der Waals surface area (Å²) in [4.78, 5) is 14.5. The van der Waals surface area contributed by atoms with Gasteiger partial charge in [-0.15, -0.1) is 0 Å². The molecular weight excluding hydrogens is 350 g/mol. The number of carbonyl (C=O) groups is 1. The number of carbonyl (C=O) groups excluding carboxylic acids is 1. The number of nitrogens with zero attached hydrogens (tertiary/aromatic N) is 1. The molecule has 0 aliphatic carbocycles. The fraction of sp³-hybridized carbons (Fsp3) is 0.632. The largest absolute Gasteiger partial charge is 0.466 e. The van der Waals surface area contributed by atoms with E-state index in [1.54, 1.807) is 25.1 Å². The molecule has 0 aromatic heterocycles. The van der Waals surface area contributed by atoms with Gasteiger partial charge in [0.05, 0.1) is 12.0 Å². The minimum Gasteiger partial charge on any atom is -0.466 e. The molecule has 1 aliphatic heterocycles. The van der Waals surface area contributed by atoms with Crippen LogP contribution in [0, 0.1) is 11.2 Å². The third-order valence-electron chi connectivity index (χ3n) is 4.79. The standard InChI is InChI=1S/C19H25F4NO2/c1-2-26-17(25)18(13-15-7-3-4-8-16(15)20)9-5-11-24(14-18)12-6-10-19(21,22)23/h3-4,7-8H,2,5-6,9-14H2,1H3/t18-/m1/s1. The molecule has 0 bridgehead atoms. The Morgan fingerprint density at radius 1 is 1.31 bits per heavy atom. The fourth-order valence-corrected chi connectivity index (χ4v) is 3.59. The van der Waals surface area contributed by atoms with E-state index in [9.17, 15) is 22.4 Å². The van der Waals surface area contributed by atoms with Crippen LogP contribution in [0.5, 0.6) is 0 Å². The summed E-state index contributed by atoms with van der Waals surface area (Å²) in [5.74, 6) is -0.783. The quantitative estimate of drug-likeness (QED) is 0.524. The molecule has 146 valence electrons. The molecule has 7 heteroatoms. The number of hydrogen-bond donors (Lipinski definition) is 0. The predicted molar refractivity (Wildman–Crippen MR) is 90.1 cm³/mol. The number of likely N-dealkylation sites (tertiary alicyclic amines) is 1. The summed E-state index contributed by atoms with van der Waals surface area (Å²) in [6.07, 6.45) is -3.64. The normalized spacial score (nSPS) is 21.6. The molecule has 0 saturated carbocycles. The number of alkyl halides is 3. The Balaban J connectivity index is 2.13. The molecule has 0 amide bonds. The van der Waals surface area contributed by atoms with Crippen LogP contribution >= 0.6 is 0 Å². The van der Waals surface area contributed by atoms with E-state index in [-0.39, 0.29) is 38.4 Å². The molecule has 0 spiro atoms. The van der Waals surface area contributed by atoms with Gasteiger partial charge in [0.2, 0.25) is 0 Å². The van der Waals surface area contributed by atoms with Crippen molar-refractivity contribution in [2.75, 3.05) is 26.2 Å². The highest BCUT2D eigenvalue weighted by molar-refractivity contribution is 5.77. The number of esters is 1. The van der Waals surface area contributed by atoms with Crippen LogP contribution in [0.1, 0.15) is 38.2 Å². The van der Waals surface area contributed by atoms with Gasteiger partial charge in [-0.25, -0.2) is 4.39 Å². The summed E-state index contributed by atoms with van der Waals surface area (Å²) in [7, 11) is 0. The van der Waals surface area contributed by atoms with Gasteiger partial charge < -0.3 is 9.64 Å². The van der Waals surface area contributed by atoms with Crippen LogP contribution in [0.25, 0.3) is 0 Å². The topological polar surface area (TPSA) is 29.5 Å². The third kappa shape index (κ3) is 5.69. The summed E-state index contributed by atoms with van der Waals surface area (Å²) >= 11 is 0. The lowest BCUT2D eigenvalue weighted by atomic mass is 9.75. The van der Waals surface area contributed by atoms with Crippen molar-refractivity contribution in [2.45, 2.75) is 45.2 Å². The SMILES string of the molecule is CCOC(=O)[C@@]1(Cc2ccccc2F)CCCN(CCCC(F)(F)F)C1. The molecule has 26 heavy (non-hydrogen) atoms. The minimum absolute atomic E-state index is 0.0118. The second-order valence-corrected chi connectivity index (χ2v) is 6.87. The summed E-state index contributed by atoms with van der Waals surface area (Å²) in [6, 6.07) is 6.28. The molecule has 1 aliphatic rings. The van der Waals surface area contributed by atoms with E-state index >= 15 is 0 Å². The molecule has 1 aromatic carbocycles. The van der Waals surface area contributed by atoms with Gasteiger partial charge in [-0.2, -0.15) is 13.2 Å². The zero-order valence-electron chi connectivity index (χ0n) is 14.9. The Morgan fingerprint density at radius 3 is 2.69 bits per heavy atom. The van der Waals surface area contributed by atoms with Crippen LogP contribution in [-0.2, 0) is 16.0 Å². The second kappa shape index (κ2) is 8.84. The first-order valence-electron chi connectivity index (χ1n) is 8.95. The van der Waals surface area contributed by atoms with Crippen molar-refractivity contribution in [3.8, 4) is 0 Å². The first-order valence-corrected chi connectivity index (χ1v) is 8.95. The van der Waals surface area contributed by atoms with E-state index < -0.39 is 24.0 Å². The lowest BCUT2D eigenvalue weighted by Gasteiger charge is -2.41. The Kier molecular flexibility index (Phi) is 7.03. The fourth-order valence-electron chi connectivity index (χ4n) is 3.59. The molecule has 1 atom stereocenters. The zero-order valence-corrected chi connectivity index (χ0v) is 14.9. The van der Waals surface area contributed by atoms with Crippen LogP contribution in [0.4, 0.5) is 17.6 Å². The van der Waals surface area contributed by atoms with Crippen LogP contribution in [0.3, 0.4) is 0 Å². The molecule has 0 unspecified atom stereocenters.